The van der Waals surface area contributed by atoms with Gasteiger partial charge in [0.15, 0.2) is 0 Å². The van der Waals surface area contributed by atoms with Crippen molar-refractivity contribution < 1.29 is 27.9 Å². The zero-order valence-electron chi connectivity index (χ0n) is 20.4. The summed E-state index contributed by atoms with van der Waals surface area (Å²) in [6.45, 7) is 5.36. The van der Waals surface area contributed by atoms with Gasteiger partial charge in [-0.25, -0.2) is 19.9 Å². The van der Waals surface area contributed by atoms with Gasteiger partial charge in [0, 0.05) is 36.4 Å². The maximum atomic E-state index is 12.4. The molecule has 1 unspecified atom stereocenters. The first-order valence-electron chi connectivity index (χ1n) is 11.4. The average Bonchev–Trinajstić information content (AvgIpc) is 3.32. The molecule has 2 amide bonds. The number of piperidine rings is 1. The Balaban J connectivity index is 0.000000244. The smallest absolute Gasteiger partial charge is 0.393 e. The third kappa shape index (κ3) is 8.07. The minimum absolute atomic E-state index is 0.167. The zero-order chi connectivity index (χ0) is 27.9. The molecule has 204 valence electrons. The van der Waals surface area contributed by atoms with Crippen LogP contribution in [-0.4, -0.2) is 56.6 Å². The molecular weight excluding hydrogens is 547 g/mol. The van der Waals surface area contributed by atoms with Crippen molar-refractivity contribution in [1.82, 2.24) is 25.3 Å². The number of halogens is 4. The summed E-state index contributed by atoms with van der Waals surface area (Å²) in [4.78, 5) is 41.7. The van der Waals surface area contributed by atoms with Crippen LogP contribution in [0.1, 0.15) is 51.7 Å². The number of hydrogen-bond acceptors (Lipinski definition) is 9. The van der Waals surface area contributed by atoms with Crippen LogP contribution >= 0.6 is 22.9 Å². The third-order valence-electron chi connectivity index (χ3n) is 5.40. The molecule has 10 nitrogen and oxygen atoms in total. The van der Waals surface area contributed by atoms with Crippen molar-refractivity contribution in [2.45, 2.75) is 45.0 Å². The number of nitrogens with one attached hydrogen (secondary N) is 2. The molecule has 38 heavy (non-hydrogen) atoms. The quantitative estimate of drug-likeness (QED) is 0.378. The lowest BCUT2D eigenvalue weighted by Gasteiger charge is -2.30. The number of anilines is 2. The molecule has 1 saturated heterocycles. The summed E-state index contributed by atoms with van der Waals surface area (Å²) in [7, 11) is 0. The predicted molar refractivity (Wildman–Crippen MR) is 136 cm³/mol. The van der Waals surface area contributed by atoms with Crippen LogP contribution in [-0.2, 0) is 11.0 Å². The summed E-state index contributed by atoms with van der Waals surface area (Å²) in [5.74, 6) is 0.285. The van der Waals surface area contributed by atoms with Gasteiger partial charge >= 0.3 is 6.18 Å². The number of aliphatic hydroxyl groups is 1. The highest BCUT2D eigenvalue weighted by molar-refractivity contribution is 7.11. The van der Waals surface area contributed by atoms with E-state index in [2.05, 4.69) is 30.2 Å². The van der Waals surface area contributed by atoms with Gasteiger partial charge in [-0.15, -0.1) is 11.3 Å². The Morgan fingerprint density at radius 3 is 2.53 bits per heavy atom. The Kier molecular flexibility index (Phi) is 9.94. The van der Waals surface area contributed by atoms with E-state index < -0.39 is 16.8 Å². The van der Waals surface area contributed by atoms with Crippen LogP contribution in [0.5, 0.6) is 0 Å². The molecule has 1 fully saturated rings. The number of aromatic nitrogens is 4. The Morgan fingerprint density at radius 1 is 1.21 bits per heavy atom. The van der Waals surface area contributed by atoms with Crippen molar-refractivity contribution in [3.63, 3.8) is 0 Å². The minimum atomic E-state index is -4.56. The van der Waals surface area contributed by atoms with Crippen molar-refractivity contribution in [2.24, 2.45) is 0 Å². The summed E-state index contributed by atoms with van der Waals surface area (Å²) in [6, 6.07) is 2.20. The fraction of sp³-hybridized carbons (Fsp3) is 0.391. The largest absolute Gasteiger partial charge is 0.418 e. The van der Waals surface area contributed by atoms with Crippen LogP contribution in [0.25, 0.3) is 0 Å². The van der Waals surface area contributed by atoms with Gasteiger partial charge in [-0.1, -0.05) is 11.6 Å². The van der Waals surface area contributed by atoms with Crippen molar-refractivity contribution in [1.29, 1.82) is 0 Å². The molecule has 1 aliphatic rings. The second kappa shape index (κ2) is 12.9. The molecule has 0 bridgehead atoms. The second-order valence-corrected chi connectivity index (χ2v) is 9.97. The molecule has 1 aliphatic heterocycles. The average molecular weight is 572 g/mol. The van der Waals surface area contributed by atoms with Crippen molar-refractivity contribution >= 4 is 46.9 Å². The molecule has 0 radical (unpaired) electrons. The predicted octanol–water partition coefficient (Wildman–Crippen LogP) is 4.02. The minimum Gasteiger partial charge on any atom is -0.393 e. The molecule has 0 saturated carbocycles. The summed E-state index contributed by atoms with van der Waals surface area (Å²) in [6.07, 6.45) is 0.904. The van der Waals surface area contributed by atoms with Gasteiger partial charge in [0.25, 0.3) is 5.91 Å². The molecule has 4 heterocycles. The Morgan fingerprint density at radius 2 is 1.92 bits per heavy atom. The second-order valence-electron chi connectivity index (χ2n) is 8.29. The van der Waals surface area contributed by atoms with Gasteiger partial charge in [-0.3, -0.25) is 9.59 Å². The number of carbonyl (C=O) groups excluding carboxylic acids is 2. The number of amides is 2. The van der Waals surface area contributed by atoms with Crippen LogP contribution in [0.2, 0.25) is 5.02 Å². The third-order valence-corrected chi connectivity index (χ3v) is 6.80. The van der Waals surface area contributed by atoms with Crippen LogP contribution in [0.4, 0.5) is 24.8 Å². The molecule has 4 rings (SSSR count). The summed E-state index contributed by atoms with van der Waals surface area (Å²) < 4.78 is 36.7. The van der Waals surface area contributed by atoms with E-state index in [0.29, 0.717) is 24.6 Å². The molecular formula is C23H25ClF3N7O3S. The molecule has 15 heteroatoms. The van der Waals surface area contributed by atoms with E-state index in [1.807, 2.05) is 19.2 Å². The first kappa shape index (κ1) is 29.2. The van der Waals surface area contributed by atoms with E-state index in [-0.39, 0.29) is 30.3 Å². The fourth-order valence-electron chi connectivity index (χ4n) is 3.44. The normalized spacial score (nSPS) is 14.8. The number of hydrogen-bond donors (Lipinski definition) is 3. The molecule has 1 atom stereocenters. The van der Waals surface area contributed by atoms with Crippen LogP contribution in [0.3, 0.4) is 0 Å². The Bertz CT molecular complexity index is 1250. The fourth-order valence-corrected chi connectivity index (χ4v) is 4.43. The number of nitrogens with zero attached hydrogens (tertiary/aromatic N) is 5. The molecule has 0 spiro atoms. The van der Waals surface area contributed by atoms with Gasteiger partial charge in [0.2, 0.25) is 6.41 Å². The summed E-state index contributed by atoms with van der Waals surface area (Å²) in [5.41, 5.74) is -0.690. The van der Waals surface area contributed by atoms with E-state index in [9.17, 15) is 27.9 Å². The number of aryl methyl sites for hydroxylation is 1. The first-order valence-corrected chi connectivity index (χ1v) is 12.6. The number of pyridine rings is 1. The van der Waals surface area contributed by atoms with Gasteiger partial charge in [-0.2, -0.15) is 13.2 Å². The highest BCUT2D eigenvalue weighted by Gasteiger charge is 2.33. The SMILES string of the molecule is Cc1cnc(C(C)NC(=O)c2cc(N3CCC(O)CC3)ncn2)s1.O=CNc1cc(C(F)(F)F)c(Cl)cn1. The lowest BCUT2D eigenvalue weighted by atomic mass is 10.1. The van der Waals surface area contributed by atoms with E-state index in [4.69, 9.17) is 11.6 Å². The van der Waals surface area contributed by atoms with Crippen molar-refractivity contribution in [2.75, 3.05) is 23.3 Å². The molecule has 0 aromatic carbocycles. The maximum absolute atomic E-state index is 12.4. The standard InChI is InChI=1S/C16H21N5O2S.C7H4ClF3N2O/c1-10-8-17-16(24-10)11(2)20-15(23)13-7-14(19-9-18-13)21-5-3-12(22)4-6-21;8-5-2-12-6(13-3-14)1-4(5)7(9,10)11/h7-9,11-12,22H,3-6H2,1-2H3,(H,20,23);1-3H,(H,12,13,14). The van der Waals surface area contributed by atoms with Crippen molar-refractivity contribution in [3.05, 3.63) is 57.0 Å². The maximum Gasteiger partial charge on any atom is 0.418 e. The molecule has 3 aromatic rings. The number of carbonyl (C=O) groups is 2. The monoisotopic (exact) mass is 571 g/mol. The van der Waals surface area contributed by atoms with Crippen molar-refractivity contribution in [3.8, 4) is 0 Å². The summed E-state index contributed by atoms with van der Waals surface area (Å²) >= 11 is 6.85. The molecule has 3 N–H and O–H groups in total. The lowest BCUT2D eigenvalue weighted by Crippen LogP contribution is -2.36. The van der Waals surface area contributed by atoms with Crippen LogP contribution in [0.15, 0.2) is 30.9 Å². The van der Waals surface area contributed by atoms with Crippen LogP contribution < -0.4 is 15.5 Å². The van der Waals surface area contributed by atoms with E-state index in [1.165, 1.54) is 6.33 Å². The zero-order valence-corrected chi connectivity index (χ0v) is 21.9. The number of thiazole rings is 1. The number of alkyl halides is 3. The molecule has 3 aromatic heterocycles. The highest BCUT2D eigenvalue weighted by atomic mass is 35.5. The van der Waals surface area contributed by atoms with Gasteiger partial charge in [0.05, 0.1) is 22.7 Å². The van der Waals surface area contributed by atoms with E-state index in [1.54, 1.807) is 23.6 Å². The summed E-state index contributed by atoms with van der Waals surface area (Å²) in [5, 5.41) is 14.9. The number of rotatable bonds is 6. The van der Waals surface area contributed by atoms with E-state index >= 15 is 0 Å². The van der Waals surface area contributed by atoms with Crippen LogP contribution in [0, 0.1) is 6.92 Å². The Hall–Kier alpha value is -3.36. The molecule has 0 aliphatic carbocycles. The number of aliphatic hydroxyl groups excluding tert-OH is 1. The first-order chi connectivity index (χ1) is 18.0. The highest BCUT2D eigenvalue weighted by Crippen LogP contribution is 2.35. The van der Waals surface area contributed by atoms with E-state index in [0.717, 1.165) is 35.0 Å². The topological polar surface area (TPSA) is 133 Å². The van der Waals surface area contributed by atoms with Gasteiger partial charge in [0.1, 0.15) is 28.7 Å². The lowest BCUT2D eigenvalue weighted by molar-refractivity contribution is -0.137. The van der Waals surface area contributed by atoms with Gasteiger partial charge in [-0.05, 0) is 32.8 Å². The Labute approximate surface area is 225 Å². The van der Waals surface area contributed by atoms with Gasteiger partial charge < -0.3 is 20.6 Å².